The molecule has 0 aromatic heterocycles. The second-order valence-corrected chi connectivity index (χ2v) is 6.01. The van der Waals surface area contributed by atoms with Gasteiger partial charge in [0.25, 0.3) is 0 Å². The normalized spacial score (nSPS) is 10.6. The molecule has 2 N–H and O–H groups in total. The Hall–Kier alpha value is -1.00. The molecule has 2 rings (SSSR count). The molecule has 4 heteroatoms. The van der Waals surface area contributed by atoms with E-state index in [4.69, 9.17) is 5.73 Å². The van der Waals surface area contributed by atoms with Gasteiger partial charge in [0.05, 0.1) is 0 Å². The molecule has 1 nitrogen and oxygen atoms in total. The quantitative estimate of drug-likeness (QED) is 0.649. The minimum absolute atomic E-state index is 0.177. The van der Waals surface area contributed by atoms with E-state index in [9.17, 15) is 4.39 Å². The summed E-state index contributed by atoms with van der Waals surface area (Å²) in [5, 5.41) is 0. The zero-order valence-electron chi connectivity index (χ0n) is 9.91. The van der Waals surface area contributed by atoms with E-state index in [-0.39, 0.29) is 5.82 Å². The van der Waals surface area contributed by atoms with Gasteiger partial charge in [-0.25, -0.2) is 4.39 Å². The van der Waals surface area contributed by atoms with Gasteiger partial charge in [-0.2, -0.15) is 0 Å². The molecule has 0 saturated heterocycles. The lowest BCUT2D eigenvalue weighted by Gasteiger charge is -2.06. The molecule has 0 heterocycles. The van der Waals surface area contributed by atoms with Gasteiger partial charge in [0, 0.05) is 20.8 Å². The number of nitrogens with two attached hydrogens (primary N) is 1. The first-order chi connectivity index (χ1) is 8.56. The summed E-state index contributed by atoms with van der Waals surface area (Å²) in [5.74, 6) is 0.437. The van der Waals surface area contributed by atoms with E-state index in [0.29, 0.717) is 11.3 Å². The lowest BCUT2D eigenvalue weighted by atomic mass is 10.2. The summed E-state index contributed by atoms with van der Waals surface area (Å²) in [7, 11) is 0. The summed E-state index contributed by atoms with van der Waals surface area (Å²) in [6.45, 7) is 1.97. The Morgan fingerprint density at radius 1 is 1.22 bits per heavy atom. The second kappa shape index (κ2) is 5.76. The van der Waals surface area contributed by atoms with Crippen LogP contribution in [-0.4, -0.2) is 0 Å². The summed E-state index contributed by atoms with van der Waals surface area (Å²) in [4.78, 5) is 1.10. The third kappa shape index (κ3) is 3.27. The standard InChI is InChI=1S/C14H13BrFNS/c1-9-6-12(4-5-14(9)17)18-8-10-2-3-11(15)7-13(10)16/h2-7H,8,17H2,1H3. The maximum Gasteiger partial charge on any atom is 0.128 e. The lowest BCUT2D eigenvalue weighted by Crippen LogP contribution is -1.90. The highest BCUT2D eigenvalue weighted by Crippen LogP contribution is 2.27. The molecule has 0 atom stereocenters. The van der Waals surface area contributed by atoms with Gasteiger partial charge < -0.3 is 5.73 Å². The molecule has 0 fully saturated rings. The number of rotatable bonds is 3. The van der Waals surface area contributed by atoms with Crippen LogP contribution in [0.2, 0.25) is 0 Å². The number of nitrogen functional groups attached to an aromatic ring is 1. The van der Waals surface area contributed by atoms with Crippen molar-refractivity contribution < 1.29 is 4.39 Å². The molecule has 0 saturated carbocycles. The van der Waals surface area contributed by atoms with Crippen LogP contribution in [0, 0.1) is 12.7 Å². The highest BCUT2D eigenvalue weighted by Gasteiger charge is 2.04. The SMILES string of the molecule is Cc1cc(SCc2ccc(Br)cc2F)ccc1N. The van der Waals surface area contributed by atoms with Gasteiger partial charge in [0.1, 0.15) is 5.82 Å². The van der Waals surface area contributed by atoms with Gasteiger partial charge in [-0.1, -0.05) is 22.0 Å². The smallest absolute Gasteiger partial charge is 0.128 e. The number of thioether (sulfide) groups is 1. The Kier molecular flexibility index (Phi) is 4.30. The van der Waals surface area contributed by atoms with E-state index in [0.717, 1.165) is 20.6 Å². The van der Waals surface area contributed by atoms with Crippen molar-refractivity contribution in [2.45, 2.75) is 17.6 Å². The Balaban J connectivity index is 2.09. The fraction of sp³-hybridized carbons (Fsp3) is 0.143. The lowest BCUT2D eigenvalue weighted by molar-refractivity contribution is 0.616. The molecular formula is C14H13BrFNS. The molecule has 0 aliphatic heterocycles. The molecule has 0 bridgehead atoms. The molecular weight excluding hydrogens is 313 g/mol. The first kappa shape index (κ1) is 13.4. The Morgan fingerprint density at radius 2 is 2.00 bits per heavy atom. The zero-order chi connectivity index (χ0) is 13.1. The van der Waals surface area contributed by atoms with Gasteiger partial charge in [-0.15, -0.1) is 11.8 Å². The van der Waals surface area contributed by atoms with Crippen molar-refractivity contribution in [1.82, 2.24) is 0 Å². The first-order valence-corrected chi connectivity index (χ1v) is 7.27. The van der Waals surface area contributed by atoms with Crippen molar-refractivity contribution in [3.05, 3.63) is 57.8 Å². The van der Waals surface area contributed by atoms with Gasteiger partial charge in [0.15, 0.2) is 0 Å². The molecule has 2 aromatic carbocycles. The number of anilines is 1. The molecule has 0 unspecified atom stereocenters. The van der Waals surface area contributed by atoms with Crippen molar-refractivity contribution in [1.29, 1.82) is 0 Å². The van der Waals surface area contributed by atoms with Gasteiger partial charge in [-0.05, 0) is 48.4 Å². The largest absolute Gasteiger partial charge is 0.399 e. The van der Waals surface area contributed by atoms with Crippen molar-refractivity contribution >= 4 is 33.4 Å². The number of hydrogen-bond donors (Lipinski definition) is 1. The van der Waals surface area contributed by atoms with Gasteiger partial charge in [-0.3, -0.25) is 0 Å². The van der Waals surface area contributed by atoms with E-state index in [1.807, 2.05) is 31.2 Å². The third-order valence-corrected chi connectivity index (χ3v) is 4.19. The minimum atomic E-state index is -0.177. The van der Waals surface area contributed by atoms with Gasteiger partial charge >= 0.3 is 0 Å². The molecule has 0 radical (unpaired) electrons. The Bertz CT molecular complexity index is 572. The molecule has 2 aromatic rings. The topological polar surface area (TPSA) is 26.0 Å². The predicted octanol–water partition coefficient (Wildman–Crippen LogP) is 4.77. The van der Waals surface area contributed by atoms with Crippen LogP contribution in [0.25, 0.3) is 0 Å². The van der Waals surface area contributed by atoms with E-state index in [2.05, 4.69) is 15.9 Å². The van der Waals surface area contributed by atoms with E-state index < -0.39 is 0 Å². The highest BCUT2D eigenvalue weighted by molar-refractivity contribution is 9.10. The van der Waals surface area contributed by atoms with E-state index in [1.54, 1.807) is 17.8 Å². The van der Waals surface area contributed by atoms with E-state index >= 15 is 0 Å². The summed E-state index contributed by atoms with van der Waals surface area (Å²) < 4.78 is 14.4. The summed E-state index contributed by atoms with van der Waals surface area (Å²) in [5.41, 5.74) is 8.31. The molecule has 94 valence electrons. The monoisotopic (exact) mass is 325 g/mol. The summed E-state index contributed by atoms with van der Waals surface area (Å²) in [6, 6.07) is 11.0. The van der Waals surface area contributed by atoms with Crippen LogP contribution in [-0.2, 0) is 5.75 Å². The van der Waals surface area contributed by atoms with Crippen LogP contribution in [0.4, 0.5) is 10.1 Å². The molecule has 0 aliphatic carbocycles. The van der Waals surface area contributed by atoms with Crippen LogP contribution in [0.3, 0.4) is 0 Å². The summed E-state index contributed by atoms with van der Waals surface area (Å²) >= 11 is 4.85. The van der Waals surface area contributed by atoms with E-state index in [1.165, 1.54) is 6.07 Å². The average molecular weight is 326 g/mol. The van der Waals surface area contributed by atoms with Crippen LogP contribution >= 0.6 is 27.7 Å². The minimum Gasteiger partial charge on any atom is -0.399 e. The number of halogens is 2. The first-order valence-electron chi connectivity index (χ1n) is 5.49. The van der Waals surface area contributed by atoms with Crippen LogP contribution in [0.1, 0.15) is 11.1 Å². The molecule has 0 aliphatic rings. The Labute approximate surface area is 119 Å². The zero-order valence-corrected chi connectivity index (χ0v) is 12.3. The van der Waals surface area contributed by atoms with Crippen molar-refractivity contribution in [2.75, 3.05) is 5.73 Å². The number of hydrogen-bond acceptors (Lipinski definition) is 2. The summed E-state index contributed by atoms with van der Waals surface area (Å²) in [6.07, 6.45) is 0. The molecule has 0 amide bonds. The number of aryl methyl sites for hydroxylation is 1. The highest BCUT2D eigenvalue weighted by atomic mass is 79.9. The molecule has 0 spiro atoms. The van der Waals surface area contributed by atoms with Crippen LogP contribution < -0.4 is 5.73 Å². The second-order valence-electron chi connectivity index (χ2n) is 4.04. The average Bonchev–Trinajstić information content (AvgIpc) is 2.32. The predicted molar refractivity (Wildman–Crippen MR) is 79.3 cm³/mol. The fourth-order valence-corrected chi connectivity index (χ4v) is 2.85. The maximum atomic E-state index is 13.6. The van der Waals surface area contributed by atoms with Crippen molar-refractivity contribution in [3.63, 3.8) is 0 Å². The van der Waals surface area contributed by atoms with Crippen LogP contribution in [0.15, 0.2) is 45.8 Å². The fourth-order valence-electron chi connectivity index (χ4n) is 1.54. The van der Waals surface area contributed by atoms with Crippen molar-refractivity contribution in [3.8, 4) is 0 Å². The van der Waals surface area contributed by atoms with Crippen molar-refractivity contribution in [2.24, 2.45) is 0 Å². The van der Waals surface area contributed by atoms with Gasteiger partial charge in [0.2, 0.25) is 0 Å². The van der Waals surface area contributed by atoms with Crippen LogP contribution in [0.5, 0.6) is 0 Å². The maximum absolute atomic E-state index is 13.6. The Morgan fingerprint density at radius 3 is 2.67 bits per heavy atom. The third-order valence-electron chi connectivity index (χ3n) is 2.65. The number of benzene rings is 2. The molecule has 18 heavy (non-hydrogen) atoms.